The van der Waals surface area contributed by atoms with Crippen molar-refractivity contribution < 1.29 is 9.53 Å². The maximum absolute atomic E-state index is 12.4. The average Bonchev–Trinajstić information content (AvgIpc) is 2.68. The molecule has 0 saturated heterocycles. The van der Waals surface area contributed by atoms with E-state index < -0.39 is 0 Å². The molecule has 0 bridgehead atoms. The number of carbonyl (C=O) groups excluding carboxylic acids is 1. The zero-order valence-corrected chi connectivity index (χ0v) is 16.6. The number of methoxy groups -OCH3 is 1. The molecule has 2 aromatic rings. The number of primary amides is 1. The topological polar surface area (TPSA) is 52.3 Å². The molecule has 27 heavy (non-hydrogen) atoms. The highest BCUT2D eigenvalue weighted by molar-refractivity contribution is 8.00. The van der Waals surface area contributed by atoms with E-state index in [2.05, 4.69) is 49.4 Å². The highest BCUT2D eigenvalue weighted by atomic mass is 32.2. The Bertz CT molecular complexity index is 888. The number of carbonyl (C=O) groups is 1. The molecule has 0 radical (unpaired) electrons. The molecule has 0 fully saturated rings. The summed E-state index contributed by atoms with van der Waals surface area (Å²) in [5.41, 5.74) is 11.0. The molecule has 2 aliphatic rings. The number of hydrogen-bond donors (Lipinski definition) is 1. The predicted molar refractivity (Wildman–Crippen MR) is 111 cm³/mol. The van der Waals surface area contributed by atoms with E-state index in [0.29, 0.717) is 0 Å². The highest BCUT2D eigenvalue weighted by Gasteiger charge is 2.41. The van der Waals surface area contributed by atoms with E-state index in [4.69, 9.17) is 10.5 Å². The van der Waals surface area contributed by atoms with E-state index in [-0.39, 0.29) is 23.0 Å². The van der Waals surface area contributed by atoms with Crippen LogP contribution in [0.5, 0.6) is 5.75 Å². The number of thioether (sulfide) groups is 1. The first-order valence-electron chi connectivity index (χ1n) is 9.47. The molecule has 2 aromatic carbocycles. The molecule has 4 rings (SSSR count). The van der Waals surface area contributed by atoms with Crippen LogP contribution in [0, 0.1) is 18.8 Å². The second kappa shape index (κ2) is 7.43. The van der Waals surface area contributed by atoms with E-state index in [1.807, 2.05) is 6.07 Å². The van der Waals surface area contributed by atoms with Crippen molar-refractivity contribution in [2.75, 3.05) is 7.11 Å². The molecular formula is C23H25NO2S. The molecule has 0 saturated carbocycles. The van der Waals surface area contributed by atoms with Gasteiger partial charge in [0, 0.05) is 10.1 Å². The van der Waals surface area contributed by atoms with Crippen LogP contribution in [0.4, 0.5) is 0 Å². The monoisotopic (exact) mass is 379 g/mol. The lowest BCUT2D eigenvalue weighted by atomic mass is 9.68. The van der Waals surface area contributed by atoms with Gasteiger partial charge in [-0.15, -0.1) is 11.8 Å². The van der Waals surface area contributed by atoms with Gasteiger partial charge in [0.05, 0.1) is 13.0 Å². The number of aryl methyl sites for hydroxylation is 2. The summed E-state index contributed by atoms with van der Waals surface area (Å²) in [6, 6.07) is 14.8. The largest absolute Gasteiger partial charge is 0.497 e. The predicted octanol–water partition coefficient (Wildman–Crippen LogP) is 4.62. The van der Waals surface area contributed by atoms with Crippen LogP contribution in [-0.4, -0.2) is 18.3 Å². The third-order valence-corrected chi connectivity index (χ3v) is 7.12. The molecule has 2 aliphatic carbocycles. The first-order chi connectivity index (χ1) is 13.1. The number of benzene rings is 2. The standard InChI is InChI=1S/C23H25NO2S/c1-14-3-7-17(8-4-14)27-21-12-11-19-18-10-6-16(26-2)13-15(18)5-9-20(19)22(21)23(24)25/h3-4,6-8,10-11,13,20-22H,5,9,12H2,1-2H3,(H2,24,25)/t20-,21-,22+/m0/s1. The van der Waals surface area contributed by atoms with Gasteiger partial charge in [0.2, 0.25) is 5.91 Å². The van der Waals surface area contributed by atoms with Crippen molar-refractivity contribution in [1.82, 2.24) is 0 Å². The maximum Gasteiger partial charge on any atom is 0.222 e. The van der Waals surface area contributed by atoms with Gasteiger partial charge in [0.1, 0.15) is 5.75 Å². The van der Waals surface area contributed by atoms with Crippen LogP contribution in [0.15, 0.2) is 53.4 Å². The summed E-state index contributed by atoms with van der Waals surface area (Å²) in [5.74, 6) is 0.793. The summed E-state index contributed by atoms with van der Waals surface area (Å²) in [7, 11) is 1.70. The lowest BCUT2D eigenvalue weighted by Gasteiger charge is -2.40. The van der Waals surface area contributed by atoms with Crippen molar-refractivity contribution in [2.45, 2.75) is 36.3 Å². The van der Waals surface area contributed by atoms with Gasteiger partial charge < -0.3 is 10.5 Å². The Morgan fingerprint density at radius 3 is 2.67 bits per heavy atom. The van der Waals surface area contributed by atoms with Gasteiger partial charge in [0.15, 0.2) is 0 Å². The maximum atomic E-state index is 12.4. The Morgan fingerprint density at radius 1 is 1.19 bits per heavy atom. The van der Waals surface area contributed by atoms with Gasteiger partial charge in [-0.3, -0.25) is 4.79 Å². The van der Waals surface area contributed by atoms with Crippen molar-refractivity contribution in [2.24, 2.45) is 17.6 Å². The molecule has 0 aliphatic heterocycles. The number of rotatable bonds is 4. The Labute approximate surface area is 165 Å². The fourth-order valence-electron chi connectivity index (χ4n) is 4.43. The molecule has 0 spiro atoms. The zero-order chi connectivity index (χ0) is 19.0. The van der Waals surface area contributed by atoms with Gasteiger partial charge in [0.25, 0.3) is 0 Å². The minimum absolute atomic E-state index is 0.133. The SMILES string of the molecule is COc1ccc2c(c1)CC[C@H]1C2=CC[C@H](Sc2ccc(C)cc2)[C@@H]1C(N)=O. The molecule has 4 heteroatoms. The smallest absolute Gasteiger partial charge is 0.222 e. The Balaban J connectivity index is 1.65. The molecule has 0 heterocycles. The van der Waals surface area contributed by atoms with Gasteiger partial charge >= 0.3 is 0 Å². The van der Waals surface area contributed by atoms with Crippen molar-refractivity contribution in [1.29, 1.82) is 0 Å². The number of hydrogen-bond acceptors (Lipinski definition) is 3. The van der Waals surface area contributed by atoms with E-state index in [1.54, 1.807) is 18.9 Å². The molecule has 0 aromatic heterocycles. The lowest BCUT2D eigenvalue weighted by molar-refractivity contribution is -0.123. The molecular weight excluding hydrogens is 354 g/mol. The Kier molecular flexibility index (Phi) is 5.00. The Morgan fingerprint density at radius 2 is 1.96 bits per heavy atom. The van der Waals surface area contributed by atoms with Crippen LogP contribution in [0.2, 0.25) is 0 Å². The van der Waals surface area contributed by atoms with E-state index in [9.17, 15) is 4.79 Å². The normalized spacial score (nSPS) is 23.8. The molecule has 140 valence electrons. The molecule has 2 N–H and O–H groups in total. The van der Waals surface area contributed by atoms with Crippen molar-refractivity contribution in [3.8, 4) is 5.75 Å². The van der Waals surface area contributed by atoms with Crippen LogP contribution in [-0.2, 0) is 11.2 Å². The Hall–Kier alpha value is -2.20. The molecule has 0 unspecified atom stereocenters. The number of amides is 1. The minimum atomic E-state index is -0.174. The lowest BCUT2D eigenvalue weighted by Crippen LogP contribution is -2.41. The summed E-state index contributed by atoms with van der Waals surface area (Å²) in [6.45, 7) is 2.09. The first kappa shape index (κ1) is 18.2. The van der Waals surface area contributed by atoms with Crippen LogP contribution >= 0.6 is 11.8 Å². The summed E-state index contributed by atoms with van der Waals surface area (Å²) >= 11 is 1.79. The van der Waals surface area contributed by atoms with Crippen LogP contribution < -0.4 is 10.5 Å². The van der Waals surface area contributed by atoms with Gasteiger partial charge in [-0.1, -0.05) is 29.8 Å². The zero-order valence-electron chi connectivity index (χ0n) is 15.8. The number of allylic oxidation sites excluding steroid dienone is 2. The van der Waals surface area contributed by atoms with E-state index >= 15 is 0 Å². The first-order valence-corrected chi connectivity index (χ1v) is 10.3. The third kappa shape index (κ3) is 3.51. The van der Waals surface area contributed by atoms with Crippen LogP contribution in [0.25, 0.3) is 5.57 Å². The van der Waals surface area contributed by atoms with Crippen molar-refractivity contribution in [3.63, 3.8) is 0 Å². The quantitative estimate of drug-likeness (QED) is 0.844. The van der Waals surface area contributed by atoms with Crippen molar-refractivity contribution in [3.05, 3.63) is 65.2 Å². The number of ether oxygens (including phenoxy) is 1. The summed E-state index contributed by atoms with van der Waals surface area (Å²) in [5, 5.41) is 0.193. The molecule has 3 atom stereocenters. The fourth-order valence-corrected chi connectivity index (χ4v) is 5.74. The van der Waals surface area contributed by atoms with E-state index in [0.717, 1.165) is 25.0 Å². The van der Waals surface area contributed by atoms with Crippen LogP contribution in [0.1, 0.15) is 29.5 Å². The van der Waals surface area contributed by atoms with Gasteiger partial charge in [-0.05, 0) is 73.1 Å². The average molecular weight is 380 g/mol. The van der Waals surface area contributed by atoms with Gasteiger partial charge in [-0.2, -0.15) is 0 Å². The third-order valence-electron chi connectivity index (χ3n) is 5.79. The highest BCUT2D eigenvalue weighted by Crippen LogP contribution is 2.48. The molecule has 1 amide bonds. The molecule has 3 nitrogen and oxygen atoms in total. The second-order valence-corrected chi connectivity index (χ2v) is 8.77. The van der Waals surface area contributed by atoms with E-state index in [1.165, 1.54) is 27.2 Å². The summed E-state index contributed by atoms with van der Waals surface area (Å²) in [6.07, 6.45) is 5.12. The van der Waals surface area contributed by atoms with Gasteiger partial charge in [-0.25, -0.2) is 0 Å². The summed E-state index contributed by atoms with van der Waals surface area (Å²) in [4.78, 5) is 13.6. The van der Waals surface area contributed by atoms with Crippen LogP contribution in [0.3, 0.4) is 0 Å². The summed E-state index contributed by atoms with van der Waals surface area (Å²) < 4.78 is 5.37. The minimum Gasteiger partial charge on any atom is -0.497 e. The number of nitrogens with two attached hydrogens (primary N) is 1. The van der Waals surface area contributed by atoms with Crippen molar-refractivity contribution >= 4 is 23.2 Å². The fraction of sp³-hybridized carbons (Fsp3) is 0.348. The number of fused-ring (bicyclic) bond motifs is 3. The second-order valence-electron chi connectivity index (χ2n) is 7.46.